The Kier molecular flexibility index (Phi) is 8.19. The van der Waals surface area contributed by atoms with Gasteiger partial charge in [-0.2, -0.15) is 9.78 Å². The molecular formula is C16H25N3O8S. The zero-order valence-corrected chi connectivity index (χ0v) is 16.4. The highest BCUT2D eigenvalue weighted by molar-refractivity contribution is 8.00. The SMILES string of the molecule is CCCCC(Sc1nn([C@@H]2O[C@H](CO)[C@@H](O)[C@H]2O)c(=O)[nH]c1=O)C(=O)OCC. The minimum absolute atomic E-state index is 0.175. The zero-order chi connectivity index (χ0) is 20.8. The minimum atomic E-state index is -1.54. The van der Waals surface area contributed by atoms with E-state index in [1.54, 1.807) is 6.92 Å². The highest BCUT2D eigenvalue weighted by Gasteiger charge is 2.44. The molecule has 0 bridgehead atoms. The molecule has 12 heteroatoms. The summed E-state index contributed by atoms with van der Waals surface area (Å²) in [6, 6.07) is 0. The van der Waals surface area contributed by atoms with Gasteiger partial charge >= 0.3 is 11.7 Å². The standard InChI is InChI=1S/C16H25N3O8S/c1-3-5-6-9(15(24)26-4-2)28-13-12(23)17-16(25)19(18-13)14-11(22)10(21)8(7-20)27-14/h8-11,14,20-22H,3-7H2,1-2H3,(H,17,23,25)/t8-,9?,10-,11-,14-/m1/s1. The Labute approximate surface area is 164 Å². The van der Waals surface area contributed by atoms with Crippen molar-refractivity contribution in [2.75, 3.05) is 13.2 Å². The monoisotopic (exact) mass is 419 g/mol. The smallest absolute Gasteiger partial charge is 0.347 e. The van der Waals surface area contributed by atoms with E-state index in [0.29, 0.717) is 11.1 Å². The predicted molar refractivity (Wildman–Crippen MR) is 97.9 cm³/mol. The third-order valence-electron chi connectivity index (χ3n) is 4.20. The lowest BCUT2D eigenvalue weighted by Gasteiger charge is -2.18. The lowest BCUT2D eigenvalue weighted by molar-refractivity contribution is -0.142. The first kappa shape index (κ1) is 22.6. The van der Waals surface area contributed by atoms with E-state index in [2.05, 4.69) is 10.1 Å². The van der Waals surface area contributed by atoms with Crippen molar-refractivity contribution in [1.82, 2.24) is 14.8 Å². The number of unbranched alkanes of at least 4 members (excludes halogenated alkanes) is 1. The molecule has 4 N–H and O–H groups in total. The van der Waals surface area contributed by atoms with Crippen molar-refractivity contribution in [3.63, 3.8) is 0 Å². The molecule has 2 heterocycles. The molecule has 1 aromatic heterocycles. The number of ether oxygens (including phenoxy) is 2. The predicted octanol–water partition coefficient (Wildman–Crippen LogP) is -1.24. The Bertz CT molecular complexity index is 782. The van der Waals surface area contributed by atoms with Gasteiger partial charge in [-0.05, 0) is 13.3 Å². The Morgan fingerprint density at radius 2 is 2.07 bits per heavy atom. The van der Waals surface area contributed by atoms with Crippen LogP contribution in [0.4, 0.5) is 0 Å². The number of hydrogen-bond acceptors (Lipinski definition) is 10. The van der Waals surface area contributed by atoms with Gasteiger partial charge in [-0.25, -0.2) is 4.79 Å². The Morgan fingerprint density at radius 3 is 2.64 bits per heavy atom. The second kappa shape index (κ2) is 10.2. The van der Waals surface area contributed by atoms with E-state index in [-0.39, 0.29) is 11.6 Å². The number of hydrogen-bond donors (Lipinski definition) is 4. The lowest BCUT2D eigenvalue weighted by Crippen LogP contribution is -2.40. The molecule has 1 aromatic rings. The summed E-state index contributed by atoms with van der Waals surface area (Å²) in [6.07, 6.45) is -3.45. The summed E-state index contributed by atoms with van der Waals surface area (Å²) < 4.78 is 11.0. The highest BCUT2D eigenvalue weighted by Crippen LogP contribution is 2.28. The zero-order valence-electron chi connectivity index (χ0n) is 15.6. The van der Waals surface area contributed by atoms with Crippen LogP contribution in [0.5, 0.6) is 0 Å². The van der Waals surface area contributed by atoms with E-state index in [4.69, 9.17) is 9.47 Å². The first-order valence-electron chi connectivity index (χ1n) is 9.02. The van der Waals surface area contributed by atoms with E-state index in [9.17, 15) is 29.7 Å². The molecule has 0 aromatic carbocycles. The highest BCUT2D eigenvalue weighted by atomic mass is 32.2. The summed E-state index contributed by atoms with van der Waals surface area (Å²) in [5, 5.41) is 32.2. The number of aliphatic hydroxyl groups excluding tert-OH is 3. The van der Waals surface area contributed by atoms with Gasteiger partial charge in [0, 0.05) is 0 Å². The number of aromatic amines is 1. The average Bonchev–Trinajstić information content (AvgIpc) is 2.95. The third-order valence-corrected chi connectivity index (χ3v) is 5.41. The number of aliphatic hydroxyl groups is 3. The molecule has 11 nitrogen and oxygen atoms in total. The van der Waals surface area contributed by atoms with E-state index in [0.717, 1.165) is 24.6 Å². The van der Waals surface area contributed by atoms with Gasteiger partial charge < -0.3 is 24.8 Å². The number of rotatable bonds is 9. The van der Waals surface area contributed by atoms with Crippen molar-refractivity contribution >= 4 is 17.7 Å². The Hall–Kier alpha value is -1.73. The molecule has 1 aliphatic rings. The average molecular weight is 419 g/mol. The van der Waals surface area contributed by atoms with Crippen LogP contribution in [0.1, 0.15) is 39.3 Å². The topological polar surface area (TPSA) is 164 Å². The molecule has 0 radical (unpaired) electrons. The Balaban J connectivity index is 2.33. The summed E-state index contributed by atoms with van der Waals surface area (Å²) in [5.41, 5.74) is -1.74. The molecule has 1 saturated heterocycles. The summed E-state index contributed by atoms with van der Waals surface area (Å²) in [4.78, 5) is 38.5. The molecular weight excluding hydrogens is 394 g/mol. The van der Waals surface area contributed by atoms with Crippen molar-refractivity contribution in [1.29, 1.82) is 0 Å². The van der Waals surface area contributed by atoms with E-state index >= 15 is 0 Å². The molecule has 158 valence electrons. The number of esters is 1. The van der Waals surface area contributed by atoms with Gasteiger partial charge in [0.25, 0.3) is 5.56 Å². The van der Waals surface area contributed by atoms with Crippen molar-refractivity contribution in [3.8, 4) is 0 Å². The van der Waals surface area contributed by atoms with Crippen LogP contribution < -0.4 is 11.2 Å². The largest absolute Gasteiger partial charge is 0.465 e. The second-order valence-corrected chi connectivity index (χ2v) is 7.43. The number of carbonyl (C=O) groups is 1. The van der Waals surface area contributed by atoms with Crippen LogP contribution in [-0.2, 0) is 14.3 Å². The van der Waals surface area contributed by atoms with Gasteiger partial charge in [-0.15, -0.1) is 0 Å². The third kappa shape index (κ3) is 5.00. The van der Waals surface area contributed by atoms with Crippen LogP contribution >= 0.6 is 11.8 Å². The van der Waals surface area contributed by atoms with Crippen LogP contribution in [0.15, 0.2) is 14.6 Å². The number of H-pyrrole nitrogens is 1. The fraction of sp³-hybridized carbons (Fsp3) is 0.750. The van der Waals surface area contributed by atoms with Gasteiger partial charge in [0.05, 0.1) is 13.2 Å². The number of nitrogens with one attached hydrogen (secondary N) is 1. The fourth-order valence-corrected chi connectivity index (χ4v) is 3.72. The van der Waals surface area contributed by atoms with Crippen molar-refractivity contribution in [3.05, 3.63) is 20.8 Å². The Morgan fingerprint density at radius 1 is 1.36 bits per heavy atom. The van der Waals surface area contributed by atoms with Crippen LogP contribution in [0.3, 0.4) is 0 Å². The molecule has 1 fully saturated rings. The van der Waals surface area contributed by atoms with E-state index in [1.807, 2.05) is 6.92 Å². The van der Waals surface area contributed by atoms with Gasteiger partial charge in [-0.1, -0.05) is 31.5 Å². The van der Waals surface area contributed by atoms with E-state index in [1.165, 1.54) is 0 Å². The molecule has 0 aliphatic carbocycles. The van der Waals surface area contributed by atoms with Crippen LogP contribution in [-0.4, -0.2) is 72.8 Å². The molecule has 0 spiro atoms. The van der Waals surface area contributed by atoms with Crippen molar-refractivity contribution < 1.29 is 29.6 Å². The van der Waals surface area contributed by atoms with Crippen LogP contribution in [0.25, 0.3) is 0 Å². The summed E-state index contributed by atoms with van der Waals surface area (Å²) in [6.45, 7) is 3.25. The first-order valence-corrected chi connectivity index (χ1v) is 9.90. The summed E-state index contributed by atoms with van der Waals surface area (Å²) >= 11 is 0.855. The lowest BCUT2D eigenvalue weighted by atomic mass is 10.1. The molecule has 0 amide bonds. The van der Waals surface area contributed by atoms with Gasteiger partial charge in [0.15, 0.2) is 11.3 Å². The molecule has 0 saturated carbocycles. The second-order valence-electron chi connectivity index (χ2n) is 6.24. The van der Waals surface area contributed by atoms with Gasteiger partial charge in [0.1, 0.15) is 23.6 Å². The van der Waals surface area contributed by atoms with Crippen LogP contribution in [0.2, 0.25) is 0 Å². The van der Waals surface area contributed by atoms with Gasteiger partial charge in [-0.3, -0.25) is 14.6 Å². The fourth-order valence-electron chi connectivity index (χ4n) is 2.71. The quantitative estimate of drug-likeness (QED) is 0.281. The summed E-state index contributed by atoms with van der Waals surface area (Å²) in [7, 11) is 0. The van der Waals surface area contributed by atoms with Gasteiger partial charge in [0.2, 0.25) is 0 Å². The molecule has 28 heavy (non-hydrogen) atoms. The molecule has 2 rings (SSSR count). The van der Waals surface area contributed by atoms with Crippen molar-refractivity contribution in [2.24, 2.45) is 0 Å². The number of carbonyl (C=O) groups excluding carboxylic acids is 1. The van der Waals surface area contributed by atoms with Crippen LogP contribution in [0, 0.1) is 0 Å². The normalized spacial score (nSPS) is 25.6. The number of thioether (sulfide) groups is 1. The first-order chi connectivity index (χ1) is 13.3. The maximum absolute atomic E-state index is 12.2. The maximum atomic E-state index is 12.2. The van der Waals surface area contributed by atoms with Crippen molar-refractivity contribution in [2.45, 2.75) is 67.9 Å². The summed E-state index contributed by atoms with van der Waals surface area (Å²) in [5.74, 6) is -0.493. The maximum Gasteiger partial charge on any atom is 0.347 e. The molecule has 5 atom stereocenters. The van der Waals surface area contributed by atoms with E-state index < -0.39 is 53.6 Å². The number of nitrogens with zero attached hydrogens (tertiary/aromatic N) is 2. The minimum Gasteiger partial charge on any atom is -0.465 e. The molecule has 1 unspecified atom stereocenters. The molecule has 1 aliphatic heterocycles. The number of aromatic nitrogens is 3.